The lowest BCUT2D eigenvalue weighted by molar-refractivity contribution is 0.283. The van der Waals surface area contributed by atoms with Gasteiger partial charge in [0.25, 0.3) is 0 Å². The van der Waals surface area contributed by atoms with Crippen LogP contribution < -0.4 is 0 Å². The molecule has 1 aromatic carbocycles. The number of aliphatic imine (C=N–C) groups is 1. The second-order valence-electron chi connectivity index (χ2n) is 6.30. The van der Waals surface area contributed by atoms with Gasteiger partial charge in [-0.05, 0) is 62.1 Å². The van der Waals surface area contributed by atoms with Gasteiger partial charge in [0.15, 0.2) is 0 Å². The van der Waals surface area contributed by atoms with E-state index in [1.54, 1.807) is 0 Å². The topological polar surface area (TPSA) is 12.4 Å². The van der Waals surface area contributed by atoms with E-state index >= 15 is 0 Å². The third-order valence-electron chi connectivity index (χ3n) is 4.79. The number of hydrogen-bond acceptors (Lipinski definition) is 2. The summed E-state index contributed by atoms with van der Waals surface area (Å²) in [6.07, 6.45) is 4.10. The molecule has 0 spiro atoms. The SMILES string of the molecule is C/N=C(\C)c1ccc(C)c(SC2CCC(C)C(C)C2)c1. The zero-order valence-corrected chi connectivity index (χ0v) is 14.3. The molecule has 0 heterocycles. The summed E-state index contributed by atoms with van der Waals surface area (Å²) in [6, 6.07) is 6.75. The molecular weight excluding hydrogens is 262 g/mol. The summed E-state index contributed by atoms with van der Waals surface area (Å²) in [4.78, 5) is 5.75. The van der Waals surface area contributed by atoms with E-state index in [1.807, 2.05) is 7.05 Å². The lowest BCUT2D eigenvalue weighted by atomic mass is 9.81. The van der Waals surface area contributed by atoms with Crippen LogP contribution in [0.3, 0.4) is 0 Å². The Labute approximate surface area is 128 Å². The Hall–Kier alpha value is -0.760. The summed E-state index contributed by atoms with van der Waals surface area (Å²) < 4.78 is 0. The van der Waals surface area contributed by atoms with Crippen LogP contribution in [-0.4, -0.2) is 18.0 Å². The van der Waals surface area contributed by atoms with Crippen LogP contribution in [0.5, 0.6) is 0 Å². The summed E-state index contributed by atoms with van der Waals surface area (Å²) >= 11 is 2.08. The molecule has 0 aliphatic heterocycles. The predicted molar refractivity (Wildman–Crippen MR) is 91.1 cm³/mol. The van der Waals surface area contributed by atoms with Crippen LogP contribution in [0, 0.1) is 18.8 Å². The monoisotopic (exact) mass is 289 g/mol. The van der Waals surface area contributed by atoms with E-state index in [0.29, 0.717) is 0 Å². The van der Waals surface area contributed by atoms with Gasteiger partial charge in [0.05, 0.1) is 0 Å². The molecule has 0 amide bonds. The van der Waals surface area contributed by atoms with Gasteiger partial charge in [-0.3, -0.25) is 4.99 Å². The molecule has 1 aliphatic carbocycles. The lowest BCUT2D eigenvalue weighted by Crippen LogP contribution is -2.22. The molecule has 1 aliphatic rings. The molecule has 2 heteroatoms. The van der Waals surface area contributed by atoms with Crippen molar-refractivity contribution in [2.45, 2.75) is 57.1 Å². The normalized spacial score (nSPS) is 27.6. The van der Waals surface area contributed by atoms with Crippen LogP contribution >= 0.6 is 11.8 Å². The molecule has 2 rings (SSSR count). The molecule has 1 nitrogen and oxygen atoms in total. The zero-order chi connectivity index (χ0) is 14.7. The minimum absolute atomic E-state index is 0.786. The minimum atomic E-state index is 0.786. The van der Waals surface area contributed by atoms with Gasteiger partial charge >= 0.3 is 0 Å². The molecule has 0 N–H and O–H groups in total. The first kappa shape index (κ1) is 15.6. The maximum atomic E-state index is 4.31. The van der Waals surface area contributed by atoms with Crippen LogP contribution in [0.2, 0.25) is 0 Å². The van der Waals surface area contributed by atoms with Gasteiger partial charge in [-0.25, -0.2) is 0 Å². The predicted octanol–water partition coefficient (Wildman–Crippen LogP) is 5.35. The van der Waals surface area contributed by atoms with Crippen LogP contribution in [0.15, 0.2) is 28.1 Å². The Morgan fingerprint density at radius 2 is 1.95 bits per heavy atom. The molecule has 20 heavy (non-hydrogen) atoms. The molecule has 0 bridgehead atoms. The summed E-state index contributed by atoms with van der Waals surface area (Å²) in [5.74, 6) is 1.76. The summed E-state index contributed by atoms with van der Waals surface area (Å²) in [5, 5.41) is 0.786. The fourth-order valence-corrected chi connectivity index (χ4v) is 4.33. The van der Waals surface area contributed by atoms with Crippen LogP contribution in [0.25, 0.3) is 0 Å². The third-order valence-corrected chi connectivity index (χ3v) is 6.24. The Bertz CT molecular complexity index is 492. The molecule has 1 saturated carbocycles. The van der Waals surface area contributed by atoms with Crippen molar-refractivity contribution in [3.63, 3.8) is 0 Å². The zero-order valence-electron chi connectivity index (χ0n) is 13.4. The van der Waals surface area contributed by atoms with Crippen LogP contribution in [0.4, 0.5) is 0 Å². The van der Waals surface area contributed by atoms with E-state index < -0.39 is 0 Å². The van der Waals surface area contributed by atoms with Crippen molar-refractivity contribution in [1.82, 2.24) is 0 Å². The number of thioether (sulfide) groups is 1. The molecule has 0 radical (unpaired) electrons. The Kier molecular flexibility index (Phi) is 5.31. The van der Waals surface area contributed by atoms with Crippen molar-refractivity contribution in [3.8, 4) is 0 Å². The highest BCUT2D eigenvalue weighted by Gasteiger charge is 2.25. The highest BCUT2D eigenvalue weighted by Crippen LogP contribution is 2.39. The van der Waals surface area contributed by atoms with E-state index in [0.717, 1.165) is 22.8 Å². The van der Waals surface area contributed by atoms with E-state index in [2.05, 4.69) is 62.6 Å². The van der Waals surface area contributed by atoms with E-state index in [4.69, 9.17) is 0 Å². The Morgan fingerprint density at radius 3 is 2.60 bits per heavy atom. The smallest absolute Gasteiger partial charge is 0.0386 e. The highest BCUT2D eigenvalue weighted by molar-refractivity contribution is 8.00. The number of nitrogens with zero attached hydrogens (tertiary/aromatic N) is 1. The second kappa shape index (κ2) is 6.80. The van der Waals surface area contributed by atoms with Gasteiger partial charge in [-0.2, -0.15) is 0 Å². The maximum absolute atomic E-state index is 4.31. The molecule has 3 atom stereocenters. The van der Waals surface area contributed by atoms with E-state index in [1.165, 1.54) is 35.3 Å². The first-order chi connectivity index (χ1) is 9.51. The fraction of sp³-hybridized carbons (Fsp3) is 0.611. The van der Waals surface area contributed by atoms with Crippen molar-refractivity contribution in [1.29, 1.82) is 0 Å². The van der Waals surface area contributed by atoms with Crippen molar-refractivity contribution in [3.05, 3.63) is 29.3 Å². The summed E-state index contributed by atoms with van der Waals surface area (Å²) in [7, 11) is 1.87. The van der Waals surface area contributed by atoms with Crippen molar-refractivity contribution in [2.24, 2.45) is 16.8 Å². The minimum Gasteiger partial charge on any atom is -0.293 e. The van der Waals surface area contributed by atoms with Crippen LogP contribution in [-0.2, 0) is 0 Å². The first-order valence-electron chi connectivity index (χ1n) is 7.72. The third kappa shape index (κ3) is 3.66. The molecule has 1 aromatic rings. The maximum Gasteiger partial charge on any atom is 0.0386 e. The quantitative estimate of drug-likeness (QED) is 0.683. The Morgan fingerprint density at radius 1 is 1.20 bits per heavy atom. The number of hydrogen-bond donors (Lipinski definition) is 0. The van der Waals surface area contributed by atoms with Gasteiger partial charge in [-0.1, -0.05) is 26.0 Å². The fourth-order valence-electron chi connectivity index (χ4n) is 2.87. The van der Waals surface area contributed by atoms with E-state index in [9.17, 15) is 0 Å². The van der Waals surface area contributed by atoms with Gasteiger partial charge in [0.1, 0.15) is 0 Å². The molecular formula is C18H27NS. The van der Waals surface area contributed by atoms with E-state index in [-0.39, 0.29) is 0 Å². The number of benzene rings is 1. The number of rotatable bonds is 3. The standard InChI is InChI=1S/C18H27NS/c1-12-7-9-17(10-14(12)3)20-18-11-16(15(4)19-5)8-6-13(18)2/h6,8,11-12,14,17H,7,9-10H2,1-5H3/b19-15+. The molecule has 3 unspecified atom stereocenters. The molecule has 0 saturated heterocycles. The first-order valence-corrected chi connectivity index (χ1v) is 8.60. The summed E-state index contributed by atoms with van der Waals surface area (Å²) in [5.41, 5.74) is 3.78. The molecule has 1 fully saturated rings. The largest absolute Gasteiger partial charge is 0.293 e. The Balaban J connectivity index is 2.13. The van der Waals surface area contributed by atoms with Crippen LogP contribution in [0.1, 0.15) is 51.2 Å². The highest BCUT2D eigenvalue weighted by atomic mass is 32.2. The summed E-state index contributed by atoms with van der Waals surface area (Å²) in [6.45, 7) is 9.12. The van der Waals surface area contributed by atoms with Crippen molar-refractivity contribution >= 4 is 17.5 Å². The van der Waals surface area contributed by atoms with Gasteiger partial charge < -0.3 is 0 Å². The van der Waals surface area contributed by atoms with Crippen molar-refractivity contribution < 1.29 is 0 Å². The van der Waals surface area contributed by atoms with Gasteiger partial charge in [-0.15, -0.1) is 11.8 Å². The second-order valence-corrected chi connectivity index (χ2v) is 7.64. The molecule has 110 valence electrons. The van der Waals surface area contributed by atoms with Gasteiger partial charge in [0, 0.05) is 22.9 Å². The average Bonchev–Trinajstić information content (AvgIpc) is 2.44. The lowest BCUT2D eigenvalue weighted by Gasteiger charge is -2.32. The van der Waals surface area contributed by atoms with Gasteiger partial charge in [0.2, 0.25) is 0 Å². The van der Waals surface area contributed by atoms with Crippen molar-refractivity contribution in [2.75, 3.05) is 7.05 Å². The number of aryl methyl sites for hydroxylation is 1. The average molecular weight is 289 g/mol. The molecule has 0 aromatic heterocycles.